The average molecular weight is 172 g/mol. The third-order valence-electron chi connectivity index (χ3n) is 1.10. The first-order valence-corrected chi connectivity index (χ1v) is 3.60. The van der Waals surface area contributed by atoms with Crippen LogP contribution in [-0.2, 0) is 10.5 Å². The molecule has 1 unspecified atom stereocenters. The lowest BCUT2D eigenvalue weighted by molar-refractivity contribution is -0.137. The normalized spacial score (nSPS) is 15.8. The van der Waals surface area contributed by atoms with Crippen LogP contribution in [0.4, 0.5) is 0 Å². The molecular weight excluding hydrogens is 166 g/mol. The van der Waals surface area contributed by atoms with Gasteiger partial charge in [-0.05, 0) is 0 Å². The molecule has 0 bridgehead atoms. The Balaban J connectivity index is 3.00. The summed E-state index contributed by atoms with van der Waals surface area (Å²) in [6, 6.07) is 0. The second-order valence-electron chi connectivity index (χ2n) is 1.93. The van der Waals surface area contributed by atoms with E-state index in [0.29, 0.717) is 0 Å². The highest BCUT2D eigenvalue weighted by atomic mass is 32.1. The molecule has 0 saturated carbocycles. The molecule has 59 valence electrons. The molecule has 0 spiro atoms. The molecule has 0 aliphatic rings. The topological polar surface area (TPSA) is 100 Å². The van der Waals surface area contributed by atoms with E-state index >= 15 is 0 Å². The van der Waals surface area contributed by atoms with E-state index in [1.54, 1.807) is 5.38 Å². The number of rotatable bonds is 2. The molecule has 0 aliphatic heterocycles. The van der Waals surface area contributed by atoms with Gasteiger partial charge in [-0.15, -0.1) is 11.3 Å². The summed E-state index contributed by atoms with van der Waals surface area (Å²) in [7, 11) is 0. The number of carbonyl (C=O) groups excluding carboxylic acids is 1. The maximum absolute atomic E-state index is 10.4. The first kappa shape index (κ1) is 8.12. The van der Waals surface area contributed by atoms with Crippen molar-refractivity contribution in [3.8, 4) is 0 Å². The summed E-state index contributed by atoms with van der Waals surface area (Å²) < 4.78 is 0. The number of nitrogens with one attached hydrogen (secondary N) is 1. The van der Waals surface area contributed by atoms with Crippen molar-refractivity contribution < 1.29 is 9.90 Å². The highest BCUT2D eigenvalue weighted by Crippen LogP contribution is 2.16. The van der Waals surface area contributed by atoms with Gasteiger partial charge in [-0.25, -0.2) is 4.98 Å². The predicted molar refractivity (Wildman–Crippen MR) is 38.3 cm³/mol. The largest absolute Gasteiger partial charge is 0.362 e. The highest BCUT2D eigenvalue weighted by Gasteiger charge is 2.34. The number of amides is 1. The number of nitrogens with zero attached hydrogens (tertiary/aromatic N) is 1. The molecule has 0 fully saturated rings. The van der Waals surface area contributed by atoms with Crippen LogP contribution < -0.4 is 11.5 Å². The first-order chi connectivity index (χ1) is 5.05. The summed E-state index contributed by atoms with van der Waals surface area (Å²) in [5.41, 5.74) is 9.46. The molecular formula is C5H6N3O2S. The van der Waals surface area contributed by atoms with Gasteiger partial charge in [0.2, 0.25) is 5.72 Å². The van der Waals surface area contributed by atoms with Gasteiger partial charge in [0.1, 0.15) is 5.01 Å². The van der Waals surface area contributed by atoms with E-state index in [9.17, 15) is 4.79 Å². The third kappa shape index (κ3) is 1.37. The van der Waals surface area contributed by atoms with Gasteiger partial charge < -0.3 is 5.11 Å². The number of aromatic nitrogens is 1. The van der Waals surface area contributed by atoms with Crippen LogP contribution in [0.1, 0.15) is 5.01 Å². The van der Waals surface area contributed by atoms with E-state index in [-0.39, 0.29) is 5.01 Å². The number of thiazole rings is 1. The van der Waals surface area contributed by atoms with E-state index < -0.39 is 11.6 Å². The third-order valence-corrected chi connectivity index (χ3v) is 2.00. The molecule has 0 aromatic carbocycles. The Morgan fingerprint density at radius 1 is 1.91 bits per heavy atom. The number of nitrogens with two attached hydrogens (primary N) is 1. The molecule has 1 amide bonds. The van der Waals surface area contributed by atoms with Gasteiger partial charge in [0, 0.05) is 11.6 Å². The van der Waals surface area contributed by atoms with E-state index in [2.05, 4.69) is 4.98 Å². The molecule has 11 heavy (non-hydrogen) atoms. The standard InChI is InChI=1S/C5H6N3O2S/c6-3(9)5(7,10)4-8-1-2-11-4/h1-2,6,10H,7H2. The van der Waals surface area contributed by atoms with Crippen LogP contribution in [-0.4, -0.2) is 16.0 Å². The van der Waals surface area contributed by atoms with Crippen LogP contribution in [0.25, 0.3) is 0 Å². The smallest absolute Gasteiger partial charge is 0.292 e. The molecule has 1 radical (unpaired) electrons. The summed E-state index contributed by atoms with van der Waals surface area (Å²) in [5.74, 6) is -1.26. The second kappa shape index (κ2) is 2.57. The van der Waals surface area contributed by atoms with Crippen LogP contribution in [0, 0.1) is 0 Å². The quantitative estimate of drug-likeness (QED) is 0.562. The van der Waals surface area contributed by atoms with E-state index in [1.807, 2.05) is 0 Å². The van der Waals surface area contributed by atoms with Crippen LogP contribution >= 0.6 is 11.3 Å². The van der Waals surface area contributed by atoms with Crippen molar-refractivity contribution in [3.05, 3.63) is 16.6 Å². The van der Waals surface area contributed by atoms with Gasteiger partial charge in [-0.1, -0.05) is 0 Å². The van der Waals surface area contributed by atoms with Crippen molar-refractivity contribution in [2.75, 3.05) is 0 Å². The van der Waals surface area contributed by atoms with Crippen LogP contribution in [0.15, 0.2) is 11.6 Å². The summed E-state index contributed by atoms with van der Waals surface area (Å²) in [4.78, 5) is 14.0. The van der Waals surface area contributed by atoms with Crippen molar-refractivity contribution in [2.45, 2.75) is 5.72 Å². The Morgan fingerprint density at radius 3 is 2.91 bits per heavy atom. The SMILES string of the molecule is [NH]C(=O)C(N)(O)c1nccs1. The summed E-state index contributed by atoms with van der Waals surface area (Å²) >= 11 is 1.03. The zero-order valence-corrected chi connectivity index (χ0v) is 6.26. The van der Waals surface area contributed by atoms with Crippen molar-refractivity contribution in [1.82, 2.24) is 10.7 Å². The lowest BCUT2D eigenvalue weighted by Crippen LogP contribution is -2.45. The Bertz CT molecular complexity index is 257. The fourth-order valence-corrected chi connectivity index (χ4v) is 1.15. The van der Waals surface area contributed by atoms with Gasteiger partial charge in [0.25, 0.3) is 5.91 Å². The molecule has 1 atom stereocenters. The highest BCUT2D eigenvalue weighted by molar-refractivity contribution is 7.09. The minimum Gasteiger partial charge on any atom is -0.362 e. The van der Waals surface area contributed by atoms with Crippen molar-refractivity contribution >= 4 is 17.2 Å². The number of hydrogen-bond donors (Lipinski definition) is 2. The molecule has 0 aliphatic carbocycles. The molecule has 0 saturated heterocycles. The van der Waals surface area contributed by atoms with Gasteiger partial charge in [0.15, 0.2) is 0 Å². The summed E-state index contributed by atoms with van der Waals surface area (Å²) in [6.07, 6.45) is 1.40. The summed E-state index contributed by atoms with van der Waals surface area (Å²) in [5, 5.41) is 10.7. The second-order valence-corrected chi connectivity index (χ2v) is 2.83. The average Bonchev–Trinajstić information content (AvgIpc) is 2.37. The molecule has 1 aromatic heterocycles. The molecule has 1 rings (SSSR count). The maximum Gasteiger partial charge on any atom is 0.292 e. The number of carbonyl (C=O) groups is 1. The zero-order valence-electron chi connectivity index (χ0n) is 5.44. The van der Waals surface area contributed by atoms with Gasteiger partial charge in [0.05, 0.1) is 0 Å². The van der Waals surface area contributed by atoms with Crippen LogP contribution in [0.5, 0.6) is 0 Å². The van der Waals surface area contributed by atoms with Crippen LogP contribution in [0.3, 0.4) is 0 Å². The Labute approximate surface area is 66.7 Å². The lowest BCUT2D eigenvalue weighted by atomic mass is 10.2. The van der Waals surface area contributed by atoms with Crippen molar-refractivity contribution in [1.29, 1.82) is 0 Å². The molecule has 4 N–H and O–H groups in total. The lowest BCUT2D eigenvalue weighted by Gasteiger charge is -2.13. The van der Waals surface area contributed by atoms with E-state index in [1.165, 1.54) is 6.20 Å². The molecule has 1 aromatic rings. The maximum atomic E-state index is 10.4. The minimum atomic E-state index is -2.24. The van der Waals surface area contributed by atoms with E-state index in [4.69, 9.17) is 16.6 Å². The fraction of sp³-hybridized carbons (Fsp3) is 0.200. The van der Waals surface area contributed by atoms with Gasteiger partial charge in [-0.2, -0.15) is 0 Å². The zero-order chi connectivity index (χ0) is 8.48. The van der Waals surface area contributed by atoms with Crippen LogP contribution in [0.2, 0.25) is 0 Å². The predicted octanol–water partition coefficient (Wildman–Crippen LogP) is -0.944. The van der Waals surface area contributed by atoms with Gasteiger partial charge in [-0.3, -0.25) is 16.3 Å². The molecule has 1 heterocycles. The molecule has 5 nitrogen and oxygen atoms in total. The Morgan fingerprint density at radius 2 is 2.55 bits per heavy atom. The Hall–Kier alpha value is -0.980. The van der Waals surface area contributed by atoms with E-state index in [0.717, 1.165) is 11.3 Å². The first-order valence-electron chi connectivity index (χ1n) is 2.72. The summed E-state index contributed by atoms with van der Waals surface area (Å²) in [6.45, 7) is 0. The van der Waals surface area contributed by atoms with Crippen molar-refractivity contribution in [3.63, 3.8) is 0 Å². The molecule has 6 heteroatoms. The fourth-order valence-electron chi connectivity index (χ4n) is 0.509. The number of aliphatic hydroxyl groups is 1. The monoisotopic (exact) mass is 172 g/mol. The van der Waals surface area contributed by atoms with Gasteiger partial charge >= 0.3 is 0 Å². The Kier molecular flexibility index (Phi) is 1.90. The number of hydrogen-bond acceptors (Lipinski definition) is 5. The minimum absolute atomic E-state index is 0.0394. The van der Waals surface area contributed by atoms with Crippen molar-refractivity contribution in [2.24, 2.45) is 5.73 Å².